The van der Waals surface area contributed by atoms with E-state index in [1.54, 1.807) is 0 Å². The Morgan fingerprint density at radius 1 is 1.32 bits per heavy atom. The standard InChI is InChI=1S/C14H20BrF2NO/c1-9(7-18-14(2,3)4)8-19-13-11(15)5-10(16)6-12(13)17/h5-6,9,18H,7-8H2,1-4H3. The maximum absolute atomic E-state index is 13.5. The molecule has 0 saturated carbocycles. The summed E-state index contributed by atoms with van der Waals surface area (Å²) in [5.41, 5.74) is 0.0377. The molecular weight excluding hydrogens is 316 g/mol. The molecule has 108 valence electrons. The molecule has 1 unspecified atom stereocenters. The molecule has 0 fully saturated rings. The van der Waals surface area contributed by atoms with Gasteiger partial charge in [0.05, 0.1) is 11.1 Å². The van der Waals surface area contributed by atoms with Gasteiger partial charge < -0.3 is 10.1 Å². The summed E-state index contributed by atoms with van der Waals surface area (Å²) in [7, 11) is 0. The second-order valence-corrected chi connectivity index (χ2v) is 6.60. The van der Waals surface area contributed by atoms with E-state index in [1.807, 2.05) is 6.92 Å². The van der Waals surface area contributed by atoms with Gasteiger partial charge in [-0.2, -0.15) is 0 Å². The van der Waals surface area contributed by atoms with Gasteiger partial charge in [-0.05, 0) is 42.8 Å². The van der Waals surface area contributed by atoms with Crippen molar-refractivity contribution in [3.63, 3.8) is 0 Å². The number of nitrogens with one attached hydrogen (secondary N) is 1. The molecule has 0 saturated heterocycles. The van der Waals surface area contributed by atoms with Crippen molar-refractivity contribution >= 4 is 15.9 Å². The van der Waals surface area contributed by atoms with Crippen LogP contribution >= 0.6 is 15.9 Å². The fraction of sp³-hybridized carbons (Fsp3) is 0.571. The SMILES string of the molecule is CC(CNC(C)(C)C)COc1c(F)cc(F)cc1Br. The van der Waals surface area contributed by atoms with E-state index in [9.17, 15) is 8.78 Å². The Morgan fingerprint density at radius 3 is 2.47 bits per heavy atom. The molecular formula is C14H20BrF2NO. The van der Waals surface area contributed by atoms with E-state index in [1.165, 1.54) is 6.07 Å². The molecule has 1 aromatic rings. The van der Waals surface area contributed by atoms with Crippen LogP contribution in [-0.2, 0) is 0 Å². The first kappa shape index (κ1) is 16.4. The van der Waals surface area contributed by atoms with E-state index in [4.69, 9.17) is 4.74 Å². The van der Waals surface area contributed by atoms with Crippen LogP contribution in [0.5, 0.6) is 5.75 Å². The van der Waals surface area contributed by atoms with E-state index in [0.29, 0.717) is 11.1 Å². The normalized spacial score (nSPS) is 13.4. The highest BCUT2D eigenvalue weighted by atomic mass is 79.9. The summed E-state index contributed by atoms with van der Waals surface area (Å²) in [4.78, 5) is 0. The summed E-state index contributed by atoms with van der Waals surface area (Å²) < 4.78 is 32.2. The second kappa shape index (κ2) is 6.66. The largest absolute Gasteiger partial charge is 0.489 e. The molecule has 0 aliphatic rings. The summed E-state index contributed by atoms with van der Waals surface area (Å²) in [5, 5.41) is 3.35. The van der Waals surface area contributed by atoms with Crippen LogP contribution in [0.3, 0.4) is 0 Å². The van der Waals surface area contributed by atoms with Gasteiger partial charge in [-0.3, -0.25) is 0 Å². The van der Waals surface area contributed by atoms with Gasteiger partial charge >= 0.3 is 0 Å². The average Bonchev–Trinajstić information content (AvgIpc) is 2.23. The number of halogens is 3. The Bertz CT molecular complexity index is 409. The van der Waals surface area contributed by atoms with Gasteiger partial charge in [0.2, 0.25) is 0 Å². The van der Waals surface area contributed by atoms with Gasteiger partial charge in [0.1, 0.15) is 5.82 Å². The van der Waals surface area contributed by atoms with E-state index >= 15 is 0 Å². The van der Waals surface area contributed by atoms with Crippen molar-refractivity contribution in [3.05, 3.63) is 28.2 Å². The second-order valence-electron chi connectivity index (χ2n) is 5.75. The van der Waals surface area contributed by atoms with Gasteiger partial charge in [-0.25, -0.2) is 8.78 Å². The molecule has 2 nitrogen and oxygen atoms in total. The number of rotatable bonds is 5. The number of hydrogen-bond donors (Lipinski definition) is 1. The van der Waals surface area contributed by atoms with Gasteiger partial charge in [-0.1, -0.05) is 6.92 Å². The van der Waals surface area contributed by atoms with Crippen LogP contribution in [0.15, 0.2) is 16.6 Å². The maximum Gasteiger partial charge on any atom is 0.169 e. The molecule has 0 aliphatic heterocycles. The summed E-state index contributed by atoms with van der Waals surface area (Å²) >= 11 is 3.10. The highest BCUT2D eigenvalue weighted by Gasteiger charge is 2.14. The molecule has 0 heterocycles. The highest BCUT2D eigenvalue weighted by Crippen LogP contribution is 2.29. The van der Waals surface area contributed by atoms with E-state index in [-0.39, 0.29) is 17.2 Å². The maximum atomic E-state index is 13.5. The first-order chi connectivity index (χ1) is 8.69. The first-order valence-electron chi connectivity index (χ1n) is 6.21. The van der Waals surface area contributed by atoms with Crippen molar-refractivity contribution in [1.29, 1.82) is 0 Å². The number of ether oxygens (including phenoxy) is 1. The molecule has 0 bridgehead atoms. The van der Waals surface area contributed by atoms with Crippen LogP contribution in [0.1, 0.15) is 27.7 Å². The lowest BCUT2D eigenvalue weighted by molar-refractivity contribution is 0.234. The van der Waals surface area contributed by atoms with Gasteiger partial charge in [-0.15, -0.1) is 0 Å². The Hall–Kier alpha value is -0.680. The topological polar surface area (TPSA) is 21.3 Å². The minimum Gasteiger partial charge on any atom is -0.489 e. The zero-order valence-corrected chi connectivity index (χ0v) is 13.3. The third kappa shape index (κ3) is 5.87. The lowest BCUT2D eigenvalue weighted by Crippen LogP contribution is -2.39. The van der Waals surface area contributed by atoms with Crippen LogP contribution in [0.2, 0.25) is 0 Å². The number of benzene rings is 1. The van der Waals surface area contributed by atoms with Crippen molar-refractivity contribution in [3.8, 4) is 5.75 Å². The zero-order chi connectivity index (χ0) is 14.6. The molecule has 0 radical (unpaired) electrons. The predicted molar refractivity (Wildman–Crippen MR) is 76.5 cm³/mol. The molecule has 0 aromatic heterocycles. The van der Waals surface area contributed by atoms with Gasteiger partial charge in [0.15, 0.2) is 11.6 Å². The van der Waals surface area contributed by atoms with Crippen LogP contribution in [0.4, 0.5) is 8.78 Å². The van der Waals surface area contributed by atoms with E-state index in [0.717, 1.165) is 12.6 Å². The first-order valence-corrected chi connectivity index (χ1v) is 7.00. The molecule has 5 heteroatoms. The third-order valence-electron chi connectivity index (χ3n) is 2.46. The lowest BCUT2D eigenvalue weighted by Gasteiger charge is -2.23. The van der Waals surface area contributed by atoms with Gasteiger partial charge in [0.25, 0.3) is 0 Å². The average molecular weight is 336 g/mol. The quantitative estimate of drug-likeness (QED) is 0.873. The molecule has 19 heavy (non-hydrogen) atoms. The minimum atomic E-state index is -0.692. The lowest BCUT2D eigenvalue weighted by atomic mass is 10.1. The van der Waals surface area contributed by atoms with Gasteiger partial charge in [0, 0.05) is 24.1 Å². The Labute approximate surface area is 121 Å². The van der Waals surface area contributed by atoms with Crippen molar-refractivity contribution in [2.45, 2.75) is 33.2 Å². The summed E-state index contributed by atoms with van der Waals surface area (Å²) in [6.45, 7) is 9.38. The summed E-state index contributed by atoms with van der Waals surface area (Å²) in [6.07, 6.45) is 0. The van der Waals surface area contributed by atoms with E-state index in [2.05, 4.69) is 42.0 Å². The fourth-order valence-electron chi connectivity index (χ4n) is 1.43. The van der Waals surface area contributed by atoms with Crippen LogP contribution in [0, 0.1) is 17.6 Å². The number of hydrogen-bond acceptors (Lipinski definition) is 2. The van der Waals surface area contributed by atoms with Crippen molar-refractivity contribution in [2.75, 3.05) is 13.2 Å². The van der Waals surface area contributed by atoms with Crippen molar-refractivity contribution in [1.82, 2.24) is 5.32 Å². The Kier molecular flexibility index (Phi) is 5.74. The van der Waals surface area contributed by atoms with E-state index < -0.39 is 11.6 Å². The zero-order valence-electron chi connectivity index (χ0n) is 11.7. The third-order valence-corrected chi connectivity index (χ3v) is 3.05. The monoisotopic (exact) mass is 335 g/mol. The van der Waals surface area contributed by atoms with Crippen LogP contribution in [0.25, 0.3) is 0 Å². The molecule has 0 spiro atoms. The Balaban J connectivity index is 2.53. The van der Waals surface area contributed by atoms with Crippen LogP contribution < -0.4 is 10.1 Å². The summed E-state index contributed by atoms with van der Waals surface area (Å²) in [5.74, 6) is -1.04. The van der Waals surface area contributed by atoms with Crippen molar-refractivity contribution < 1.29 is 13.5 Å². The smallest absolute Gasteiger partial charge is 0.169 e. The molecule has 0 amide bonds. The predicted octanol–water partition coefficient (Wildman–Crippen LogP) is 4.13. The summed E-state index contributed by atoms with van der Waals surface area (Å²) in [6, 6.07) is 2.01. The Morgan fingerprint density at radius 2 is 1.95 bits per heavy atom. The fourth-order valence-corrected chi connectivity index (χ4v) is 1.95. The van der Waals surface area contributed by atoms with Crippen molar-refractivity contribution in [2.24, 2.45) is 5.92 Å². The molecule has 1 atom stereocenters. The molecule has 1 aromatic carbocycles. The molecule has 1 N–H and O–H groups in total. The molecule has 1 rings (SSSR count). The highest BCUT2D eigenvalue weighted by molar-refractivity contribution is 9.10. The van der Waals surface area contributed by atoms with Crippen LogP contribution in [-0.4, -0.2) is 18.7 Å². The molecule has 0 aliphatic carbocycles. The minimum absolute atomic E-state index is 0.0377.